The maximum Gasteiger partial charge on any atom is 0.0485 e. The fourth-order valence-electron chi connectivity index (χ4n) is 0.534. The van der Waals surface area contributed by atoms with Gasteiger partial charge in [-0.1, -0.05) is 18.2 Å². The quantitative estimate of drug-likeness (QED) is 0.333. The van der Waals surface area contributed by atoms with Gasteiger partial charge < -0.3 is 5.43 Å². The number of hydrazine groups is 1. The van der Waals surface area contributed by atoms with Crippen LogP contribution in [-0.4, -0.2) is 23.1 Å². The Kier molecular flexibility index (Phi) is 4.48. The zero-order valence-corrected chi connectivity index (χ0v) is 6.59. The molecule has 0 fully saturated rings. The SMILES string of the molecule is NNc1ccccc1.[Mg]. The summed E-state index contributed by atoms with van der Waals surface area (Å²) in [5, 5.41) is 0. The van der Waals surface area contributed by atoms with E-state index in [-0.39, 0.29) is 23.1 Å². The molecule has 3 heteroatoms. The summed E-state index contributed by atoms with van der Waals surface area (Å²) >= 11 is 0. The first-order valence-corrected chi connectivity index (χ1v) is 2.45. The molecule has 0 aliphatic heterocycles. The molecule has 1 aromatic carbocycles. The van der Waals surface area contributed by atoms with Gasteiger partial charge in [-0.25, -0.2) is 0 Å². The number of rotatable bonds is 1. The molecule has 0 atom stereocenters. The molecule has 44 valence electrons. The van der Waals surface area contributed by atoms with Crippen molar-refractivity contribution < 1.29 is 0 Å². The summed E-state index contributed by atoms with van der Waals surface area (Å²) in [5.74, 6) is 5.10. The Balaban J connectivity index is 0.000000640. The van der Waals surface area contributed by atoms with E-state index in [1.807, 2.05) is 30.3 Å². The number of nitrogens with one attached hydrogen (secondary N) is 1. The molecule has 2 radical (unpaired) electrons. The van der Waals surface area contributed by atoms with Crippen LogP contribution in [0.2, 0.25) is 0 Å². The van der Waals surface area contributed by atoms with E-state index in [0.29, 0.717) is 0 Å². The fraction of sp³-hybridized carbons (Fsp3) is 0. The van der Waals surface area contributed by atoms with E-state index in [1.54, 1.807) is 0 Å². The highest BCUT2D eigenvalue weighted by molar-refractivity contribution is 5.75. The Morgan fingerprint density at radius 1 is 1.11 bits per heavy atom. The van der Waals surface area contributed by atoms with E-state index >= 15 is 0 Å². The lowest BCUT2D eigenvalue weighted by Crippen LogP contribution is -2.05. The molecule has 2 nitrogen and oxygen atoms in total. The van der Waals surface area contributed by atoms with Crippen molar-refractivity contribution >= 4 is 28.7 Å². The Hall–Kier alpha value is -0.254. The van der Waals surface area contributed by atoms with Crippen LogP contribution in [0.1, 0.15) is 0 Å². The molecule has 0 spiro atoms. The van der Waals surface area contributed by atoms with Crippen molar-refractivity contribution in [3.63, 3.8) is 0 Å². The first-order valence-electron chi connectivity index (χ1n) is 2.45. The Morgan fingerprint density at radius 2 is 1.67 bits per heavy atom. The Labute approximate surface area is 70.6 Å². The van der Waals surface area contributed by atoms with Crippen molar-refractivity contribution in [3.8, 4) is 0 Å². The molecule has 0 aliphatic carbocycles. The van der Waals surface area contributed by atoms with Crippen LogP contribution in [0.25, 0.3) is 0 Å². The van der Waals surface area contributed by atoms with Gasteiger partial charge in [0.2, 0.25) is 0 Å². The number of hydrogen-bond acceptors (Lipinski definition) is 2. The molecule has 1 aromatic rings. The van der Waals surface area contributed by atoms with Gasteiger partial charge in [0.1, 0.15) is 0 Å². The normalized spacial score (nSPS) is 7.67. The van der Waals surface area contributed by atoms with Crippen LogP contribution in [0.5, 0.6) is 0 Å². The Morgan fingerprint density at radius 3 is 2.00 bits per heavy atom. The summed E-state index contributed by atoms with van der Waals surface area (Å²) in [5.41, 5.74) is 3.46. The van der Waals surface area contributed by atoms with Crippen LogP contribution in [0.3, 0.4) is 0 Å². The molecular weight excluding hydrogens is 124 g/mol. The second-order valence-corrected chi connectivity index (χ2v) is 1.51. The van der Waals surface area contributed by atoms with Crippen LogP contribution < -0.4 is 11.3 Å². The van der Waals surface area contributed by atoms with Gasteiger partial charge in [-0.15, -0.1) is 0 Å². The molecule has 1 rings (SSSR count). The number of nitrogens with two attached hydrogens (primary N) is 1. The Bertz CT molecular complexity index is 152. The molecule has 0 amide bonds. The van der Waals surface area contributed by atoms with Gasteiger partial charge >= 0.3 is 0 Å². The molecule has 0 aromatic heterocycles. The van der Waals surface area contributed by atoms with Gasteiger partial charge in [0.15, 0.2) is 0 Å². The smallest absolute Gasteiger partial charge is 0.0485 e. The molecule has 0 heterocycles. The second-order valence-electron chi connectivity index (χ2n) is 1.51. The van der Waals surface area contributed by atoms with Crippen LogP contribution in [-0.2, 0) is 0 Å². The summed E-state index contributed by atoms with van der Waals surface area (Å²) in [6.45, 7) is 0. The fourth-order valence-corrected chi connectivity index (χ4v) is 0.534. The van der Waals surface area contributed by atoms with Gasteiger partial charge in [0.25, 0.3) is 0 Å². The topological polar surface area (TPSA) is 38.0 Å². The van der Waals surface area contributed by atoms with E-state index in [1.165, 1.54) is 0 Å². The molecule has 0 unspecified atom stereocenters. The first-order chi connectivity index (χ1) is 3.93. The lowest BCUT2D eigenvalue weighted by molar-refractivity contribution is 1.35. The second kappa shape index (κ2) is 4.61. The summed E-state index contributed by atoms with van der Waals surface area (Å²) in [6, 6.07) is 9.60. The molecule has 9 heavy (non-hydrogen) atoms. The van der Waals surface area contributed by atoms with Gasteiger partial charge in [-0.05, 0) is 12.1 Å². The van der Waals surface area contributed by atoms with Crippen molar-refractivity contribution in [2.45, 2.75) is 0 Å². The third-order valence-corrected chi connectivity index (χ3v) is 0.940. The van der Waals surface area contributed by atoms with E-state index in [9.17, 15) is 0 Å². The summed E-state index contributed by atoms with van der Waals surface area (Å²) in [6.07, 6.45) is 0. The van der Waals surface area contributed by atoms with E-state index in [0.717, 1.165) is 5.69 Å². The summed E-state index contributed by atoms with van der Waals surface area (Å²) < 4.78 is 0. The van der Waals surface area contributed by atoms with Crippen LogP contribution in [0.15, 0.2) is 30.3 Å². The lowest BCUT2D eigenvalue weighted by atomic mass is 10.3. The van der Waals surface area contributed by atoms with Gasteiger partial charge in [-0.2, -0.15) is 0 Å². The van der Waals surface area contributed by atoms with E-state index in [4.69, 9.17) is 5.84 Å². The van der Waals surface area contributed by atoms with E-state index in [2.05, 4.69) is 5.43 Å². The standard InChI is InChI=1S/C6H8N2.Mg/c7-8-6-4-2-1-3-5-6;/h1-5,8H,7H2;. The zero-order valence-electron chi connectivity index (χ0n) is 5.17. The highest BCUT2D eigenvalue weighted by atomic mass is 24.3. The molecule has 3 N–H and O–H groups in total. The minimum atomic E-state index is 0. The monoisotopic (exact) mass is 132 g/mol. The number of nitrogen functional groups attached to an aromatic ring is 1. The molecular formula is C6H8MgN2. The van der Waals surface area contributed by atoms with Crippen LogP contribution >= 0.6 is 0 Å². The average Bonchev–Trinajstić information content (AvgIpc) is 1.90. The predicted molar refractivity (Wildman–Crippen MR) is 40.0 cm³/mol. The van der Waals surface area contributed by atoms with Crippen molar-refractivity contribution in [2.24, 2.45) is 5.84 Å². The molecule has 0 saturated carbocycles. The largest absolute Gasteiger partial charge is 0.324 e. The van der Waals surface area contributed by atoms with Crippen molar-refractivity contribution in [1.82, 2.24) is 0 Å². The van der Waals surface area contributed by atoms with Crippen LogP contribution in [0.4, 0.5) is 5.69 Å². The van der Waals surface area contributed by atoms with Crippen molar-refractivity contribution in [2.75, 3.05) is 5.43 Å². The van der Waals surface area contributed by atoms with Gasteiger partial charge in [0, 0.05) is 28.7 Å². The number of benzene rings is 1. The highest BCUT2D eigenvalue weighted by Crippen LogP contribution is 2.00. The lowest BCUT2D eigenvalue weighted by Gasteiger charge is -1.94. The highest BCUT2D eigenvalue weighted by Gasteiger charge is 1.78. The third kappa shape index (κ3) is 2.69. The summed E-state index contributed by atoms with van der Waals surface area (Å²) in [4.78, 5) is 0. The van der Waals surface area contributed by atoms with E-state index < -0.39 is 0 Å². The molecule has 0 aliphatic rings. The summed E-state index contributed by atoms with van der Waals surface area (Å²) in [7, 11) is 0. The third-order valence-electron chi connectivity index (χ3n) is 0.940. The number of para-hydroxylation sites is 1. The minimum absolute atomic E-state index is 0. The van der Waals surface area contributed by atoms with Gasteiger partial charge in [0.05, 0.1) is 0 Å². The first kappa shape index (κ1) is 8.75. The minimum Gasteiger partial charge on any atom is -0.324 e. The molecule has 0 bridgehead atoms. The zero-order chi connectivity index (χ0) is 5.82. The van der Waals surface area contributed by atoms with Gasteiger partial charge in [-0.3, -0.25) is 5.84 Å². The number of hydrogen-bond donors (Lipinski definition) is 2. The predicted octanol–water partition coefficient (Wildman–Crippen LogP) is 0.591. The van der Waals surface area contributed by atoms with Crippen molar-refractivity contribution in [3.05, 3.63) is 30.3 Å². The van der Waals surface area contributed by atoms with Crippen LogP contribution in [0, 0.1) is 0 Å². The van der Waals surface area contributed by atoms with Crippen molar-refractivity contribution in [1.29, 1.82) is 0 Å². The maximum absolute atomic E-state index is 5.10. The molecule has 0 saturated heterocycles. The maximum atomic E-state index is 5.10. The number of anilines is 1. The average molecular weight is 132 g/mol.